The number of esters is 1. The minimum Gasteiger partial charge on any atom is -0.726 e. The molecule has 0 aromatic heterocycles. The van der Waals surface area contributed by atoms with E-state index in [-0.39, 0.29) is 146 Å². The molecule has 1 saturated heterocycles. The molecule has 13 unspecified atom stereocenters. The van der Waals surface area contributed by atoms with Crippen molar-refractivity contribution in [3.05, 3.63) is 12.2 Å². The fourth-order valence-electron chi connectivity index (χ4n) is 9.81. The second-order valence-electron chi connectivity index (χ2n) is 14.8. The van der Waals surface area contributed by atoms with E-state index in [9.17, 15) is 50.8 Å². The zero-order valence-corrected chi connectivity index (χ0v) is 36.8. The third kappa shape index (κ3) is 9.55. The van der Waals surface area contributed by atoms with Crippen LogP contribution in [-0.2, 0) is 53.0 Å². The molecule has 0 radical (unpaired) electrons. The van der Waals surface area contributed by atoms with Crippen LogP contribution in [0.4, 0.5) is 0 Å². The predicted molar refractivity (Wildman–Crippen MR) is 159 cm³/mol. The van der Waals surface area contributed by atoms with Crippen molar-refractivity contribution in [2.75, 3.05) is 6.61 Å². The Morgan fingerprint density at radius 3 is 2.20 bits per heavy atom. The molecule has 2 bridgehead atoms. The van der Waals surface area contributed by atoms with Gasteiger partial charge in [0.25, 0.3) is 0 Å². The van der Waals surface area contributed by atoms with E-state index in [1.807, 2.05) is 6.92 Å². The molecule has 16 nitrogen and oxygen atoms in total. The summed E-state index contributed by atoms with van der Waals surface area (Å²) in [5.41, 5.74) is -0.359. The van der Waals surface area contributed by atoms with E-state index < -0.39 is 99.0 Å². The fraction of sp³-hybridized carbons (Fsp3) is 0.867. The normalized spacial score (nSPS) is 41.3. The van der Waals surface area contributed by atoms with Gasteiger partial charge >= 0.3 is 115 Å². The standard InChI is InChI=1S/C30H46O16S2.2K/c1-14(2)9-22(32)44-25-24(46-48(39,40)41)23(45-47(36,37)38)20(13-31)43-28(25)42-17-10-18(27(34)35)19-7-8-30-11-16(15(3)26(30)33)5-6-21(30)29(19,4)12-17;;/h14,16-21,23-26,28,31,33H,3,5-13H2,1-2,4H3,(H,34,35)(H,36,37,38)(H,39,40,41);;/q;2*+1/p-2. The Balaban J connectivity index is 0.00000338. The van der Waals surface area contributed by atoms with E-state index in [0.717, 1.165) is 24.8 Å². The maximum absolute atomic E-state index is 12.9. The van der Waals surface area contributed by atoms with Gasteiger partial charge in [-0.25, -0.2) is 16.8 Å². The first-order chi connectivity index (χ1) is 22.2. The first kappa shape index (κ1) is 45.9. The average Bonchev–Trinajstić information content (AvgIpc) is 3.12. The van der Waals surface area contributed by atoms with Crippen LogP contribution >= 0.6 is 0 Å². The number of carbonyl (C=O) groups excluding carboxylic acids is 1. The van der Waals surface area contributed by atoms with E-state index >= 15 is 0 Å². The molecular weight excluding hydrogens is 759 g/mol. The number of aliphatic hydroxyl groups excluding tert-OH is 2. The smallest absolute Gasteiger partial charge is 0.726 e. The topological polar surface area (TPSA) is 255 Å². The van der Waals surface area contributed by atoms with E-state index in [1.165, 1.54) is 0 Å². The summed E-state index contributed by atoms with van der Waals surface area (Å²) in [6.45, 7) is 8.41. The van der Waals surface area contributed by atoms with Crippen LogP contribution in [0, 0.1) is 40.4 Å². The molecule has 1 spiro atoms. The minimum absolute atomic E-state index is 0. The van der Waals surface area contributed by atoms with Crippen LogP contribution < -0.4 is 103 Å². The number of rotatable bonds is 11. The van der Waals surface area contributed by atoms with Gasteiger partial charge in [0.05, 0.1) is 24.7 Å². The number of aliphatic hydroxyl groups is 2. The third-order valence-electron chi connectivity index (χ3n) is 11.5. The number of carboxylic acids is 1. The Kier molecular flexibility index (Phi) is 15.9. The van der Waals surface area contributed by atoms with E-state index in [0.29, 0.717) is 12.8 Å². The Morgan fingerprint density at radius 1 is 1.02 bits per heavy atom. The Bertz CT molecular complexity index is 1490. The van der Waals surface area contributed by atoms with Crippen molar-refractivity contribution in [1.29, 1.82) is 0 Å². The van der Waals surface area contributed by atoms with Crippen LogP contribution in [0.3, 0.4) is 0 Å². The van der Waals surface area contributed by atoms with Gasteiger partial charge in [0.15, 0.2) is 12.4 Å². The van der Waals surface area contributed by atoms with Crippen molar-refractivity contribution in [1.82, 2.24) is 0 Å². The summed E-state index contributed by atoms with van der Waals surface area (Å²) < 4.78 is 96.9. The number of aliphatic carboxylic acids is 1. The number of hydrogen-bond donors (Lipinski definition) is 3. The number of carbonyl (C=O) groups is 2. The van der Waals surface area contributed by atoms with E-state index in [1.54, 1.807) is 13.8 Å². The van der Waals surface area contributed by atoms with Crippen molar-refractivity contribution in [3.8, 4) is 0 Å². The summed E-state index contributed by atoms with van der Waals surface area (Å²) in [5, 5.41) is 31.9. The average molecular weight is 803 g/mol. The summed E-state index contributed by atoms with van der Waals surface area (Å²) in [6.07, 6.45) is -8.49. The Labute approximate surface area is 377 Å². The molecule has 4 aliphatic carbocycles. The molecule has 20 heteroatoms. The van der Waals surface area contributed by atoms with Crippen LogP contribution in [0.5, 0.6) is 0 Å². The summed E-state index contributed by atoms with van der Waals surface area (Å²) >= 11 is 0. The van der Waals surface area contributed by atoms with Crippen LogP contribution in [0.2, 0.25) is 0 Å². The molecule has 5 fully saturated rings. The van der Waals surface area contributed by atoms with Gasteiger partial charge in [-0.2, -0.15) is 0 Å². The quantitative estimate of drug-likeness (QED) is 0.0442. The summed E-state index contributed by atoms with van der Waals surface area (Å²) in [5.74, 6) is -3.38. The minimum atomic E-state index is -5.69. The molecule has 50 heavy (non-hydrogen) atoms. The van der Waals surface area contributed by atoms with E-state index in [2.05, 4.69) is 14.9 Å². The molecule has 0 aromatic rings. The molecule has 0 amide bonds. The van der Waals surface area contributed by atoms with E-state index in [4.69, 9.17) is 14.2 Å². The third-order valence-corrected chi connectivity index (χ3v) is 12.4. The molecule has 1 heterocycles. The Morgan fingerprint density at radius 2 is 1.64 bits per heavy atom. The maximum Gasteiger partial charge on any atom is 1.00 e. The van der Waals surface area contributed by atoms with Crippen LogP contribution in [0.25, 0.3) is 0 Å². The van der Waals surface area contributed by atoms with Gasteiger partial charge in [-0.05, 0) is 79.6 Å². The van der Waals surface area contributed by atoms with Crippen LogP contribution in [0.15, 0.2) is 12.2 Å². The largest absolute Gasteiger partial charge is 1.00 e. The number of hydrogen-bond acceptors (Lipinski definition) is 15. The summed E-state index contributed by atoms with van der Waals surface area (Å²) in [7, 11) is -11.3. The zero-order valence-electron chi connectivity index (χ0n) is 29.0. The van der Waals surface area contributed by atoms with Crippen LogP contribution in [-0.4, -0.2) is 103 Å². The monoisotopic (exact) mass is 802 g/mol. The Hall–Kier alpha value is 1.53. The molecular formula is C30H44K2O16S2. The van der Waals surface area contributed by atoms with Gasteiger partial charge in [0.2, 0.25) is 20.8 Å². The zero-order chi connectivity index (χ0) is 35.6. The second kappa shape index (κ2) is 17.4. The number of ether oxygens (including phenoxy) is 3. The summed E-state index contributed by atoms with van der Waals surface area (Å²) in [4.78, 5) is 25.6. The number of carboxylic acid groups (broad SMARTS) is 1. The molecule has 4 saturated carbocycles. The van der Waals surface area contributed by atoms with Crippen LogP contribution in [0.1, 0.15) is 72.1 Å². The van der Waals surface area contributed by atoms with Gasteiger partial charge in [-0.1, -0.05) is 27.4 Å². The molecule has 3 N–H and O–H groups in total. The molecule has 0 aromatic carbocycles. The first-order valence-electron chi connectivity index (χ1n) is 16.2. The first-order valence-corrected chi connectivity index (χ1v) is 18.8. The molecule has 13 atom stereocenters. The van der Waals surface area contributed by atoms with Crippen molar-refractivity contribution in [2.45, 2.75) is 115 Å². The van der Waals surface area contributed by atoms with Crippen molar-refractivity contribution >= 4 is 32.7 Å². The SMILES string of the molecule is C=C1C2CCC3C4(C)CC(OC5OC(CO)C(OS(=O)(=O)[O-])C(OS(=O)(=O)[O-])C5OC(=O)CC(C)C)CC(C(=O)O)C4CCC3(C2)C1O.[K+].[K+]. The summed E-state index contributed by atoms with van der Waals surface area (Å²) in [6, 6.07) is 0. The molecule has 1 aliphatic heterocycles. The van der Waals surface area contributed by atoms with Crippen molar-refractivity contribution in [3.63, 3.8) is 0 Å². The van der Waals surface area contributed by atoms with Gasteiger partial charge in [0.1, 0.15) is 18.3 Å². The molecule has 5 aliphatic rings. The fourth-order valence-corrected chi connectivity index (χ4v) is 10.8. The number of fused-ring (bicyclic) bond motifs is 3. The second-order valence-corrected chi connectivity index (χ2v) is 16.8. The van der Waals surface area contributed by atoms with Gasteiger partial charge in [0, 0.05) is 11.8 Å². The predicted octanol–water partition coefficient (Wildman–Crippen LogP) is -5.01. The maximum atomic E-state index is 12.9. The van der Waals surface area contributed by atoms with Crippen molar-refractivity contribution in [2.24, 2.45) is 40.4 Å². The van der Waals surface area contributed by atoms with Crippen molar-refractivity contribution < 1.29 is 176 Å². The van der Waals surface area contributed by atoms with Gasteiger partial charge in [-0.3, -0.25) is 18.0 Å². The molecule has 5 rings (SSSR count). The van der Waals surface area contributed by atoms with Gasteiger partial charge < -0.3 is 38.6 Å². The van der Waals surface area contributed by atoms with Gasteiger partial charge in [-0.15, -0.1) is 0 Å². The molecule has 274 valence electrons.